The van der Waals surface area contributed by atoms with Crippen molar-refractivity contribution in [2.75, 3.05) is 18.8 Å². The summed E-state index contributed by atoms with van der Waals surface area (Å²) in [5.41, 5.74) is -0.426. The lowest BCUT2D eigenvalue weighted by atomic mass is 9.83. The van der Waals surface area contributed by atoms with Gasteiger partial charge in [-0.2, -0.15) is 11.8 Å². The molecule has 0 aromatic heterocycles. The Balaban J connectivity index is 2.32. The third kappa shape index (κ3) is 12.2. The van der Waals surface area contributed by atoms with E-state index in [1.54, 1.807) is 4.90 Å². The molecule has 4 atom stereocenters. The van der Waals surface area contributed by atoms with Crippen LogP contribution in [0.3, 0.4) is 0 Å². The number of Topliss-reactive ketones (excluding diaryl/α,β-unsaturated/α-hetero) is 1. The molecule has 1 saturated heterocycles. The third-order valence-electron chi connectivity index (χ3n) is 9.21. The summed E-state index contributed by atoms with van der Waals surface area (Å²) in [6, 6.07) is -2.45. The highest BCUT2D eigenvalue weighted by molar-refractivity contribution is 8.00. The first kappa shape index (κ1) is 40.2. The number of hydrogen-bond acceptors (Lipinski definition) is 6. The van der Waals surface area contributed by atoms with E-state index in [4.69, 9.17) is 6.42 Å². The van der Waals surface area contributed by atoms with Crippen molar-refractivity contribution in [2.45, 2.75) is 135 Å². The lowest BCUT2D eigenvalue weighted by Crippen LogP contribution is -2.62. The fourth-order valence-corrected chi connectivity index (χ4v) is 7.33. The summed E-state index contributed by atoms with van der Waals surface area (Å²) in [5, 5.41) is 12.1. The van der Waals surface area contributed by atoms with Crippen molar-refractivity contribution in [3.63, 3.8) is 0 Å². The predicted octanol–water partition coefficient (Wildman–Crippen LogP) is 5.56. The topological polar surface area (TPSA) is 120 Å². The molecule has 2 rings (SSSR count). The zero-order chi connectivity index (χ0) is 35.6. The summed E-state index contributed by atoms with van der Waals surface area (Å²) in [4.78, 5) is 55.7. The van der Waals surface area contributed by atoms with Gasteiger partial charge in [0.15, 0.2) is 0 Å². The van der Waals surface area contributed by atoms with Crippen molar-refractivity contribution in [2.24, 2.45) is 17.3 Å². The Morgan fingerprint density at radius 2 is 1.70 bits per heavy atom. The van der Waals surface area contributed by atoms with Crippen LogP contribution in [0.15, 0.2) is 24.9 Å². The van der Waals surface area contributed by atoms with Crippen LogP contribution in [-0.2, 0) is 14.4 Å². The molecule has 4 N–H and O–H groups in total. The minimum atomic E-state index is -0.890. The minimum absolute atomic E-state index is 0.0699. The molecule has 1 aliphatic heterocycles. The molecule has 1 heterocycles. The van der Waals surface area contributed by atoms with Crippen LogP contribution in [0.25, 0.3) is 0 Å². The third-order valence-corrected chi connectivity index (χ3v) is 10.8. The van der Waals surface area contributed by atoms with Crippen LogP contribution in [0.2, 0.25) is 0 Å². The Hall–Kier alpha value is -2.93. The Kier molecular flexibility index (Phi) is 15.0. The smallest absolute Gasteiger partial charge is 0.315 e. The molecule has 0 spiro atoms. The van der Waals surface area contributed by atoms with Crippen LogP contribution in [0.5, 0.6) is 0 Å². The zero-order valence-electron chi connectivity index (χ0n) is 30.2. The molecule has 2 fully saturated rings. The summed E-state index contributed by atoms with van der Waals surface area (Å²) in [5.74, 6) is 2.27. The first-order valence-corrected chi connectivity index (χ1v) is 18.2. The fraction of sp³-hybridized carbons (Fsp3) is 0.730. The normalized spacial score (nSPS) is 20.8. The molecule has 4 amide bonds. The Morgan fingerprint density at radius 1 is 1.06 bits per heavy atom. The van der Waals surface area contributed by atoms with Gasteiger partial charge in [0, 0.05) is 35.7 Å². The van der Waals surface area contributed by atoms with Gasteiger partial charge in [0.1, 0.15) is 6.04 Å². The van der Waals surface area contributed by atoms with Crippen LogP contribution < -0.4 is 21.3 Å². The largest absolute Gasteiger partial charge is 0.377 e. The second-order valence-electron chi connectivity index (χ2n) is 15.7. The van der Waals surface area contributed by atoms with E-state index in [1.807, 2.05) is 32.5 Å². The molecule has 47 heavy (non-hydrogen) atoms. The van der Waals surface area contributed by atoms with Gasteiger partial charge in [0.05, 0.1) is 17.6 Å². The van der Waals surface area contributed by atoms with Crippen LogP contribution in [0, 0.1) is 29.6 Å². The molecule has 0 aromatic rings. The number of nitrogens with one attached hydrogen (secondary N) is 4. The molecular weight excluding hydrogens is 611 g/mol. The van der Waals surface area contributed by atoms with E-state index in [9.17, 15) is 19.2 Å². The van der Waals surface area contributed by atoms with Crippen molar-refractivity contribution in [1.29, 1.82) is 0 Å². The van der Waals surface area contributed by atoms with E-state index in [-0.39, 0.29) is 47.5 Å². The first-order valence-electron chi connectivity index (χ1n) is 17.2. The van der Waals surface area contributed by atoms with E-state index >= 15 is 0 Å². The van der Waals surface area contributed by atoms with Gasteiger partial charge in [-0.3, -0.25) is 14.4 Å². The number of thioether (sulfide) groups is 1. The number of carbonyl (C=O) groups excluding carboxylic acids is 4. The molecule has 9 nitrogen and oxygen atoms in total. The summed E-state index contributed by atoms with van der Waals surface area (Å²) >= 11 is 1.86. The number of hydrogen-bond donors (Lipinski definition) is 4. The maximum atomic E-state index is 14.5. The van der Waals surface area contributed by atoms with Crippen LogP contribution in [0.1, 0.15) is 107 Å². The average Bonchev–Trinajstić information content (AvgIpc) is 3.45. The van der Waals surface area contributed by atoms with E-state index in [0.29, 0.717) is 24.6 Å². The lowest BCUT2D eigenvalue weighted by molar-refractivity contribution is -0.139. The Morgan fingerprint density at radius 3 is 2.23 bits per heavy atom. The molecule has 0 radical (unpaired) electrons. The molecule has 1 aliphatic carbocycles. The summed E-state index contributed by atoms with van der Waals surface area (Å²) in [6.45, 7) is 25.2. The van der Waals surface area contributed by atoms with E-state index < -0.39 is 35.2 Å². The lowest BCUT2D eigenvalue weighted by Gasteiger charge is -2.41. The van der Waals surface area contributed by atoms with Gasteiger partial charge in [-0.05, 0) is 42.9 Å². The van der Waals surface area contributed by atoms with Crippen molar-refractivity contribution in [3.8, 4) is 12.3 Å². The number of nitrogens with zero attached hydrogens (tertiary/aromatic N) is 1. The highest BCUT2D eigenvalue weighted by atomic mass is 32.2. The van der Waals surface area contributed by atoms with Gasteiger partial charge in [-0.25, -0.2) is 4.79 Å². The van der Waals surface area contributed by atoms with E-state index in [0.717, 1.165) is 37.9 Å². The molecule has 1 saturated carbocycles. The number of ketones is 1. The molecule has 10 heteroatoms. The molecule has 0 bridgehead atoms. The minimum Gasteiger partial charge on any atom is -0.377 e. The standard InChI is InChI=1S/C37H61N5O4S/c1-12-14-18-28(30(43)32(44)38-21-13-2)39-26(5)29-22-27(25(3)4)23-42(29)33(45)31(35(6,7)8)40-34(46)41-37(19-16-15-17-20-37)24-47-36(9,10)11/h1,13,25,27-29,31,39H,2,5,14-24H2,3-4,6-11H3,(H,38,44)(H2,40,41,46)/t27?,28?,29-,31+/m0/s1. The van der Waals surface area contributed by atoms with Crippen LogP contribution >= 0.6 is 11.8 Å². The summed E-state index contributed by atoms with van der Waals surface area (Å²) in [7, 11) is 0. The predicted molar refractivity (Wildman–Crippen MR) is 194 cm³/mol. The number of carbonyl (C=O) groups is 4. The SMILES string of the molecule is C#CCCC(NC(=C)[C@@H]1CC(C(C)C)CN1C(=O)[C@@H](NC(=O)NC1(CSC(C)(C)C)CCCCC1)C(C)(C)C)C(=O)C(=O)NCC=C. The van der Waals surface area contributed by atoms with Gasteiger partial charge in [-0.15, -0.1) is 18.9 Å². The molecule has 0 aromatic carbocycles. The second-order valence-corrected chi connectivity index (χ2v) is 17.5. The Bertz CT molecular complexity index is 1170. The number of likely N-dealkylation sites (tertiary alicyclic amines) is 1. The van der Waals surface area contributed by atoms with Gasteiger partial charge in [0.25, 0.3) is 5.91 Å². The fourth-order valence-electron chi connectivity index (χ4n) is 6.26. The van der Waals surface area contributed by atoms with Gasteiger partial charge < -0.3 is 26.2 Å². The van der Waals surface area contributed by atoms with Gasteiger partial charge >= 0.3 is 6.03 Å². The molecule has 2 aliphatic rings. The number of amides is 4. The first-order chi connectivity index (χ1) is 21.8. The van der Waals surface area contributed by atoms with Gasteiger partial charge in [-0.1, -0.05) is 87.3 Å². The van der Waals surface area contributed by atoms with Crippen molar-refractivity contribution in [3.05, 3.63) is 24.9 Å². The summed E-state index contributed by atoms with van der Waals surface area (Å²) in [6.07, 6.45) is 13.3. The maximum Gasteiger partial charge on any atom is 0.315 e. The molecular formula is C37H61N5O4S. The quantitative estimate of drug-likeness (QED) is 0.103. The highest BCUT2D eigenvalue weighted by Gasteiger charge is 2.45. The second kappa shape index (κ2) is 17.5. The molecule has 264 valence electrons. The van der Waals surface area contributed by atoms with Crippen molar-refractivity contribution in [1.82, 2.24) is 26.2 Å². The highest BCUT2D eigenvalue weighted by Crippen LogP contribution is 2.37. The van der Waals surface area contributed by atoms with Crippen molar-refractivity contribution >= 4 is 35.4 Å². The number of urea groups is 1. The van der Waals surface area contributed by atoms with Crippen molar-refractivity contribution < 1.29 is 19.2 Å². The monoisotopic (exact) mass is 671 g/mol. The zero-order valence-corrected chi connectivity index (χ0v) is 31.0. The average molecular weight is 672 g/mol. The van der Waals surface area contributed by atoms with Crippen LogP contribution in [0.4, 0.5) is 4.79 Å². The number of rotatable bonds is 15. The summed E-state index contributed by atoms with van der Waals surface area (Å²) < 4.78 is 0.0699. The maximum absolute atomic E-state index is 14.5. The van der Waals surface area contributed by atoms with E-state index in [2.05, 4.69) is 75.0 Å². The molecule has 2 unspecified atom stereocenters. The van der Waals surface area contributed by atoms with Gasteiger partial charge in [0.2, 0.25) is 11.7 Å². The number of terminal acetylenes is 1. The van der Waals surface area contributed by atoms with Crippen LogP contribution in [-0.4, -0.2) is 75.8 Å². The van der Waals surface area contributed by atoms with E-state index in [1.165, 1.54) is 6.08 Å². The Labute approximate surface area is 288 Å².